The van der Waals surface area contributed by atoms with Crippen molar-refractivity contribution < 1.29 is 9.59 Å². The summed E-state index contributed by atoms with van der Waals surface area (Å²) in [6.07, 6.45) is 5.41. The molecular formula is C16H22N2O2. The lowest BCUT2D eigenvalue weighted by molar-refractivity contribution is -0.140. The van der Waals surface area contributed by atoms with Crippen molar-refractivity contribution in [3.63, 3.8) is 0 Å². The molecule has 4 nitrogen and oxygen atoms in total. The highest BCUT2D eigenvalue weighted by Crippen LogP contribution is 2.20. The summed E-state index contributed by atoms with van der Waals surface area (Å²) in [5.74, 6) is 0.224. The predicted molar refractivity (Wildman–Crippen MR) is 77.3 cm³/mol. The van der Waals surface area contributed by atoms with Crippen LogP contribution >= 0.6 is 0 Å². The molecule has 1 atom stereocenters. The highest BCUT2D eigenvalue weighted by Gasteiger charge is 2.30. The second-order valence-electron chi connectivity index (χ2n) is 5.40. The number of carbonyl (C=O) groups excluding carboxylic acids is 2. The van der Waals surface area contributed by atoms with Gasteiger partial charge in [0.15, 0.2) is 5.78 Å². The molecule has 108 valence electrons. The SMILES string of the molecule is CCC(=O)C1CCCCN1C(=O)Cc1ccc(C)nc1. The summed E-state index contributed by atoms with van der Waals surface area (Å²) < 4.78 is 0. The van der Waals surface area contributed by atoms with Crippen LogP contribution in [0.4, 0.5) is 0 Å². The molecule has 1 aromatic rings. The molecule has 1 aromatic heterocycles. The first-order chi connectivity index (χ1) is 9.61. The van der Waals surface area contributed by atoms with E-state index in [0.717, 1.165) is 30.5 Å². The van der Waals surface area contributed by atoms with E-state index in [-0.39, 0.29) is 17.7 Å². The van der Waals surface area contributed by atoms with Crippen molar-refractivity contribution in [3.8, 4) is 0 Å². The van der Waals surface area contributed by atoms with Crippen LogP contribution in [0.5, 0.6) is 0 Å². The topological polar surface area (TPSA) is 50.3 Å². The van der Waals surface area contributed by atoms with Crippen LogP contribution < -0.4 is 0 Å². The van der Waals surface area contributed by atoms with E-state index in [2.05, 4.69) is 4.98 Å². The van der Waals surface area contributed by atoms with Crippen molar-refractivity contribution in [1.82, 2.24) is 9.88 Å². The second-order valence-corrected chi connectivity index (χ2v) is 5.40. The monoisotopic (exact) mass is 274 g/mol. The molecule has 20 heavy (non-hydrogen) atoms. The quantitative estimate of drug-likeness (QED) is 0.846. The Hall–Kier alpha value is -1.71. The van der Waals surface area contributed by atoms with E-state index in [4.69, 9.17) is 0 Å². The third kappa shape index (κ3) is 3.44. The van der Waals surface area contributed by atoms with Crippen molar-refractivity contribution in [2.45, 2.75) is 52.0 Å². The van der Waals surface area contributed by atoms with Crippen LogP contribution in [0, 0.1) is 6.92 Å². The summed E-state index contributed by atoms with van der Waals surface area (Å²) in [7, 11) is 0. The van der Waals surface area contributed by atoms with E-state index in [9.17, 15) is 9.59 Å². The number of carbonyl (C=O) groups is 2. The van der Waals surface area contributed by atoms with Crippen molar-refractivity contribution >= 4 is 11.7 Å². The molecule has 4 heteroatoms. The number of rotatable bonds is 4. The molecular weight excluding hydrogens is 252 g/mol. The van der Waals surface area contributed by atoms with Gasteiger partial charge >= 0.3 is 0 Å². The molecule has 0 N–H and O–H groups in total. The van der Waals surface area contributed by atoms with E-state index < -0.39 is 0 Å². The molecule has 1 fully saturated rings. The van der Waals surface area contributed by atoms with Crippen LogP contribution in [0.25, 0.3) is 0 Å². The van der Waals surface area contributed by atoms with Crippen LogP contribution in [0.1, 0.15) is 43.9 Å². The maximum atomic E-state index is 12.4. The molecule has 1 saturated heterocycles. The molecule has 1 aliphatic heterocycles. The summed E-state index contributed by atoms with van der Waals surface area (Å²) in [5, 5.41) is 0. The molecule has 1 amide bonds. The highest BCUT2D eigenvalue weighted by molar-refractivity contribution is 5.89. The molecule has 0 aliphatic carbocycles. The largest absolute Gasteiger partial charge is 0.332 e. The first kappa shape index (κ1) is 14.7. The normalized spacial score (nSPS) is 18.9. The Kier molecular flexibility index (Phi) is 4.88. The number of pyridine rings is 1. The van der Waals surface area contributed by atoms with E-state index in [1.54, 1.807) is 11.1 Å². The molecule has 1 unspecified atom stereocenters. The van der Waals surface area contributed by atoms with Gasteiger partial charge in [-0.15, -0.1) is 0 Å². The molecule has 2 heterocycles. The number of piperidine rings is 1. The number of Topliss-reactive ketones (excluding diaryl/α,β-unsaturated/α-hetero) is 1. The molecule has 0 saturated carbocycles. The van der Waals surface area contributed by atoms with Gasteiger partial charge in [-0.1, -0.05) is 13.0 Å². The van der Waals surface area contributed by atoms with E-state index in [1.807, 2.05) is 26.0 Å². The van der Waals surface area contributed by atoms with Gasteiger partial charge in [-0.25, -0.2) is 0 Å². The molecule has 1 aliphatic rings. The Morgan fingerprint density at radius 3 is 2.80 bits per heavy atom. The van der Waals surface area contributed by atoms with Gasteiger partial charge in [0.1, 0.15) is 0 Å². The first-order valence-electron chi connectivity index (χ1n) is 7.35. The molecule has 0 aromatic carbocycles. The minimum atomic E-state index is -0.209. The van der Waals surface area contributed by atoms with Crippen molar-refractivity contribution in [1.29, 1.82) is 0 Å². The summed E-state index contributed by atoms with van der Waals surface area (Å²) >= 11 is 0. The van der Waals surface area contributed by atoms with E-state index >= 15 is 0 Å². The van der Waals surface area contributed by atoms with Gasteiger partial charge in [0.05, 0.1) is 12.5 Å². The van der Waals surface area contributed by atoms with Crippen LogP contribution in [-0.4, -0.2) is 34.2 Å². The summed E-state index contributed by atoms with van der Waals surface area (Å²) in [6.45, 7) is 4.49. The molecule has 0 spiro atoms. The Labute approximate surface area is 120 Å². The fourth-order valence-corrected chi connectivity index (χ4v) is 2.68. The summed E-state index contributed by atoms with van der Waals surface area (Å²) in [4.78, 5) is 30.4. The van der Waals surface area contributed by atoms with Gasteiger partial charge in [0.25, 0.3) is 0 Å². The van der Waals surface area contributed by atoms with Gasteiger partial charge in [-0.2, -0.15) is 0 Å². The van der Waals surface area contributed by atoms with Crippen molar-refractivity contribution in [2.75, 3.05) is 6.54 Å². The maximum Gasteiger partial charge on any atom is 0.227 e. The number of hydrogen-bond acceptors (Lipinski definition) is 3. The lowest BCUT2D eigenvalue weighted by Crippen LogP contribution is -2.48. The Morgan fingerprint density at radius 2 is 2.15 bits per heavy atom. The van der Waals surface area contributed by atoms with Gasteiger partial charge in [-0.3, -0.25) is 14.6 Å². The fourth-order valence-electron chi connectivity index (χ4n) is 2.68. The van der Waals surface area contributed by atoms with Gasteiger partial charge in [0, 0.05) is 24.9 Å². The fraction of sp³-hybridized carbons (Fsp3) is 0.562. The molecule has 0 bridgehead atoms. The van der Waals surface area contributed by atoms with Crippen molar-refractivity contribution in [2.24, 2.45) is 0 Å². The zero-order valence-corrected chi connectivity index (χ0v) is 12.3. The third-order valence-electron chi connectivity index (χ3n) is 3.87. The number of aryl methyl sites for hydroxylation is 1. The lowest BCUT2D eigenvalue weighted by atomic mass is 9.96. The zero-order chi connectivity index (χ0) is 14.5. The van der Waals surface area contributed by atoms with Gasteiger partial charge in [-0.05, 0) is 37.8 Å². The molecule has 0 radical (unpaired) electrons. The molecule has 2 rings (SSSR count). The van der Waals surface area contributed by atoms with Gasteiger partial charge in [0.2, 0.25) is 5.91 Å². The smallest absolute Gasteiger partial charge is 0.227 e. The number of hydrogen-bond donors (Lipinski definition) is 0. The number of aromatic nitrogens is 1. The first-order valence-corrected chi connectivity index (χ1v) is 7.35. The Bertz CT molecular complexity index is 482. The number of ketones is 1. The zero-order valence-electron chi connectivity index (χ0n) is 12.3. The minimum Gasteiger partial charge on any atom is -0.332 e. The Balaban J connectivity index is 2.05. The number of nitrogens with zero attached hydrogens (tertiary/aromatic N) is 2. The standard InChI is InChI=1S/C16H22N2O2/c1-3-15(19)14-6-4-5-9-18(14)16(20)10-13-8-7-12(2)17-11-13/h7-8,11,14H,3-6,9-10H2,1-2H3. The lowest BCUT2D eigenvalue weighted by Gasteiger charge is -2.34. The summed E-state index contributed by atoms with van der Waals surface area (Å²) in [6, 6.07) is 3.63. The van der Waals surface area contributed by atoms with E-state index in [1.165, 1.54) is 0 Å². The Morgan fingerprint density at radius 1 is 1.35 bits per heavy atom. The highest BCUT2D eigenvalue weighted by atomic mass is 16.2. The predicted octanol–water partition coefficient (Wildman–Crippen LogP) is 2.29. The minimum absolute atomic E-state index is 0.0437. The van der Waals surface area contributed by atoms with Crippen LogP contribution in [-0.2, 0) is 16.0 Å². The van der Waals surface area contributed by atoms with Crippen molar-refractivity contribution in [3.05, 3.63) is 29.6 Å². The van der Waals surface area contributed by atoms with Crippen LogP contribution in [0.3, 0.4) is 0 Å². The average Bonchev–Trinajstić information content (AvgIpc) is 2.48. The van der Waals surface area contributed by atoms with Crippen LogP contribution in [0.2, 0.25) is 0 Å². The maximum absolute atomic E-state index is 12.4. The summed E-state index contributed by atoms with van der Waals surface area (Å²) in [5.41, 5.74) is 1.85. The number of amides is 1. The second kappa shape index (κ2) is 6.64. The number of likely N-dealkylation sites (tertiary alicyclic amines) is 1. The van der Waals surface area contributed by atoms with Gasteiger partial charge < -0.3 is 4.90 Å². The average molecular weight is 274 g/mol. The third-order valence-corrected chi connectivity index (χ3v) is 3.87. The van der Waals surface area contributed by atoms with Crippen LogP contribution in [0.15, 0.2) is 18.3 Å². The van der Waals surface area contributed by atoms with E-state index in [0.29, 0.717) is 19.4 Å².